The molecule has 18 heavy (non-hydrogen) atoms. The number of hydrogen-bond acceptors (Lipinski definition) is 5. The first-order valence-electron chi connectivity index (χ1n) is 6.78. The normalized spacial score (nSPS) is 28.8. The molecule has 0 radical (unpaired) electrons. The molecule has 0 aliphatic carbocycles. The Balaban J connectivity index is 1.62. The Morgan fingerprint density at radius 2 is 1.94 bits per heavy atom. The van der Waals surface area contributed by atoms with Gasteiger partial charge in [-0.15, -0.1) is 0 Å². The molecular formula is C13H22N4O. The lowest BCUT2D eigenvalue weighted by Gasteiger charge is -2.14. The highest BCUT2D eigenvalue weighted by Gasteiger charge is 2.36. The van der Waals surface area contributed by atoms with E-state index >= 15 is 0 Å². The van der Waals surface area contributed by atoms with Crippen molar-refractivity contribution in [3.8, 4) is 0 Å². The van der Waals surface area contributed by atoms with Crippen LogP contribution in [0, 0.1) is 11.8 Å². The van der Waals surface area contributed by atoms with Crippen molar-refractivity contribution in [1.82, 2.24) is 20.4 Å². The van der Waals surface area contributed by atoms with Crippen molar-refractivity contribution in [1.29, 1.82) is 0 Å². The Bertz CT molecular complexity index is 411. The van der Waals surface area contributed by atoms with Crippen molar-refractivity contribution in [2.75, 3.05) is 26.2 Å². The second-order valence-electron chi connectivity index (χ2n) is 6.64. The fraction of sp³-hybridized carbons (Fsp3) is 0.846. The zero-order valence-corrected chi connectivity index (χ0v) is 11.4. The van der Waals surface area contributed by atoms with Crippen molar-refractivity contribution in [3.05, 3.63) is 11.7 Å². The fourth-order valence-corrected chi connectivity index (χ4v) is 2.90. The van der Waals surface area contributed by atoms with E-state index in [1.807, 2.05) is 0 Å². The summed E-state index contributed by atoms with van der Waals surface area (Å²) >= 11 is 0. The fourth-order valence-electron chi connectivity index (χ4n) is 2.90. The van der Waals surface area contributed by atoms with Crippen molar-refractivity contribution >= 4 is 0 Å². The minimum Gasteiger partial charge on any atom is -0.339 e. The van der Waals surface area contributed by atoms with Crippen molar-refractivity contribution in [3.63, 3.8) is 0 Å². The van der Waals surface area contributed by atoms with Crippen LogP contribution < -0.4 is 5.32 Å². The molecule has 2 unspecified atom stereocenters. The van der Waals surface area contributed by atoms with E-state index in [0.717, 1.165) is 43.2 Å². The van der Waals surface area contributed by atoms with Crippen LogP contribution in [0.2, 0.25) is 0 Å². The zero-order chi connectivity index (χ0) is 12.8. The van der Waals surface area contributed by atoms with Crippen LogP contribution in [0.1, 0.15) is 32.5 Å². The van der Waals surface area contributed by atoms with Gasteiger partial charge in [-0.2, -0.15) is 4.98 Å². The molecule has 5 heteroatoms. The van der Waals surface area contributed by atoms with Gasteiger partial charge in [0.05, 0.1) is 6.54 Å². The summed E-state index contributed by atoms with van der Waals surface area (Å²) in [4.78, 5) is 6.96. The lowest BCUT2D eigenvalue weighted by molar-refractivity contribution is 0.284. The third kappa shape index (κ3) is 2.29. The molecule has 2 aliphatic heterocycles. The molecule has 0 bridgehead atoms. The maximum Gasteiger partial charge on any atom is 0.232 e. The summed E-state index contributed by atoms with van der Waals surface area (Å²) in [6, 6.07) is 0. The predicted octanol–water partition coefficient (Wildman–Crippen LogP) is 1.02. The van der Waals surface area contributed by atoms with Gasteiger partial charge >= 0.3 is 0 Å². The maximum atomic E-state index is 5.33. The second-order valence-corrected chi connectivity index (χ2v) is 6.64. The number of fused-ring (bicyclic) bond motifs is 1. The Kier molecular flexibility index (Phi) is 2.90. The van der Waals surface area contributed by atoms with Gasteiger partial charge in [0.1, 0.15) is 0 Å². The van der Waals surface area contributed by atoms with E-state index in [9.17, 15) is 0 Å². The zero-order valence-electron chi connectivity index (χ0n) is 11.4. The molecule has 2 atom stereocenters. The smallest absolute Gasteiger partial charge is 0.232 e. The van der Waals surface area contributed by atoms with Crippen LogP contribution in [0.5, 0.6) is 0 Å². The molecule has 1 aromatic heterocycles. The Morgan fingerprint density at radius 1 is 1.28 bits per heavy atom. The summed E-state index contributed by atoms with van der Waals surface area (Å²) in [7, 11) is 0. The molecule has 1 N–H and O–H groups in total. The van der Waals surface area contributed by atoms with Gasteiger partial charge < -0.3 is 9.84 Å². The van der Waals surface area contributed by atoms with Gasteiger partial charge in [-0.25, -0.2) is 0 Å². The predicted molar refractivity (Wildman–Crippen MR) is 68.1 cm³/mol. The Labute approximate surface area is 108 Å². The molecule has 1 aromatic rings. The molecule has 2 aliphatic rings. The molecule has 0 aromatic carbocycles. The lowest BCUT2D eigenvalue weighted by atomic mass is 9.97. The topological polar surface area (TPSA) is 54.2 Å². The highest BCUT2D eigenvalue weighted by Crippen LogP contribution is 2.27. The molecule has 2 saturated heterocycles. The average molecular weight is 250 g/mol. The monoisotopic (exact) mass is 250 g/mol. The number of nitrogens with zero attached hydrogens (tertiary/aromatic N) is 3. The van der Waals surface area contributed by atoms with E-state index in [-0.39, 0.29) is 5.41 Å². The summed E-state index contributed by atoms with van der Waals surface area (Å²) in [6.45, 7) is 11.8. The molecule has 5 nitrogen and oxygen atoms in total. The molecule has 3 heterocycles. The van der Waals surface area contributed by atoms with Gasteiger partial charge in [-0.05, 0) is 24.9 Å². The maximum absolute atomic E-state index is 5.33. The minimum absolute atomic E-state index is 0.0588. The summed E-state index contributed by atoms with van der Waals surface area (Å²) in [6.07, 6.45) is 0. The van der Waals surface area contributed by atoms with Crippen LogP contribution in [0.3, 0.4) is 0 Å². The van der Waals surface area contributed by atoms with Crippen LogP contribution in [0.15, 0.2) is 4.52 Å². The van der Waals surface area contributed by atoms with Crippen LogP contribution in [0.4, 0.5) is 0 Å². The van der Waals surface area contributed by atoms with Gasteiger partial charge in [0.2, 0.25) is 5.89 Å². The standard InChI is InChI=1S/C13H22N4O/c1-13(2,3)12-15-11(16-18-12)8-17-6-9-4-14-5-10(9)7-17/h9-10,14H,4-8H2,1-3H3. The molecule has 0 saturated carbocycles. The third-order valence-corrected chi connectivity index (χ3v) is 3.94. The van der Waals surface area contributed by atoms with E-state index in [1.165, 1.54) is 13.1 Å². The van der Waals surface area contributed by atoms with Gasteiger partial charge in [-0.3, -0.25) is 4.90 Å². The highest BCUT2D eigenvalue weighted by molar-refractivity contribution is 4.99. The van der Waals surface area contributed by atoms with Gasteiger partial charge in [-0.1, -0.05) is 25.9 Å². The summed E-state index contributed by atoms with van der Waals surface area (Å²) < 4.78 is 5.33. The molecule has 0 spiro atoms. The van der Waals surface area contributed by atoms with Crippen LogP contribution in [-0.2, 0) is 12.0 Å². The van der Waals surface area contributed by atoms with E-state index in [1.54, 1.807) is 0 Å². The highest BCUT2D eigenvalue weighted by atomic mass is 16.5. The molecule has 100 valence electrons. The van der Waals surface area contributed by atoms with E-state index in [2.05, 4.69) is 41.1 Å². The van der Waals surface area contributed by atoms with E-state index < -0.39 is 0 Å². The summed E-state index contributed by atoms with van der Waals surface area (Å²) in [5, 5.41) is 7.55. The van der Waals surface area contributed by atoms with Crippen LogP contribution in [-0.4, -0.2) is 41.2 Å². The lowest BCUT2D eigenvalue weighted by Crippen LogP contribution is -2.26. The number of aromatic nitrogens is 2. The minimum atomic E-state index is -0.0588. The summed E-state index contributed by atoms with van der Waals surface area (Å²) in [5.74, 6) is 3.20. The quantitative estimate of drug-likeness (QED) is 0.849. The van der Waals surface area contributed by atoms with Crippen LogP contribution in [0.25, 0.3) is 0 Å². The molecular weight excluding hydrogens is 228 g/mol. The Morgan fingerprint density at radius 3 is 2.50 bits per heavy atom. The van der Waals surface area contributed by atoms with Gasteiger partial charge in [0.15, 0.2) is 5.82 Å². The van der Waals surface area contributed by atoms with Crippen molar-refractivity contribution in [2.24, 2.45) is 11.8 Å². The van der Waals surface area contributed by atoms with Crippen LogP contribution >= 0.6 is 0 Å². The largest absolute Gasteiger partial charge is 0.339 e. The number of hydrogen-bond donors (Lipinski definition) is 1. The van der Waals surface area contributed by atoms with E-state index in [4.69, 9.17) is 4.52 Å². The number of likely N-dealkylation sites (tertiary alicyclic amines) is 1. The summed E-state index contributed by atoms with van der Waals surface area (Å²) in [5.41, 5.74) is -0.0588. The van der Waals surface area contributed by atoms with Crippen molar-refractivity contribution in [2.45, 2.75) is 32.7 Å². The van der Waals surface area contributed by atoms with Gasteiger partial charge in [0.25, 0.3) is 0 Å². The third-order valence-electron chi connectivity index (χ3n) is 3.94. The number of nitrogens with one attached hydrogen (secondary N) is 1. The number of rotatable bonds is 2. The molecule has 3 rings (SSSR count). The van der Waals surface area contributed by atoms with Crippen molar-refractivity contribution < 1.29 is 4.52 Å². The molecule has 2 fully saturated rings. The van der Waals surface area contributed by atoms with Gasteiger partial charge in [0, 0.05) is 18.5 Å². The first-order valence-corrected chi connectivity index (χ1v) is 6.78. The second kappa shape index (κ2) is 4.31. The SMILES string of the molecule is CC(C)(C)c1nc(CN2CC3CNCC3C2)no1. The molecule has 0 amide bonds. The first kappa shape index (κ1) is 12.1. The van der Waals surface area contributed by atoms with E-state index in [0.29, 0.717) is 0 Å². The Hall–Kier alpha value is -0.940. The first-order chi connectivity index (χ1) is 8.52. The average Bonchev–Trinajstić information content (AvgIpc) is 2.90.